The highest BCUT2D eigenvalue weighted by molar-refractivity contribution is 5.75. The number of rotatable bonds is 5. The minimum absolute atomic E-state index is 0.0771. The largest absolute Gasteiger partial charge is 0.489 e. The van der Waals surface area contributed by atoms with Gasteiger partial charge < -0.3 is 15.0 Å². The Hall–Kier alpha value is -2.56. The average Bonchev–Trinajstić information content (AvgIpc) is 2.94. The van der Waals surface area contributed by atoms with Crippen molar-refractivity contribution >= 4 is 6.03 Å². The zero-order chi connectivity index (χ0) is 17.8. The van der Waals surface area contributed by atoms with Crippen LogP contribution in [0.3, 0.4) is 0 Å². The number of nitrogens with zero attached hydrogens (tertiary/aromatic N) is 2. The fourth-order valence-corrected chi connectivity index (χ4v) is 4.21. The van der Waals surface area contributed by atoms with Gasteiger partial charge in [0, 0.05) is 37.7 Å². The van der Waals surface area contributed by atoms with Crippen LogP contribution < -0.4 is 10.1 Å². The number of fused-ring (bicyclic) bond motifs is 2. The van der Waals surface area contributed by atoms with E-state index in [1.165, 1.54) is 5.56 Å². The molecule has 0 aliphatic carbocycles. The normalized spacial score (nSPS) is 24.3. The fourth-order valence-electron chi connectivity index (χ4n) is 4.21. The Morgan fingerprint density at radius 2 is 1.88 bits per heavy atom. The second-order valence-corrected chi connectivity index (χ2v) is 7.16. The SMILES string of the molecule is O=C(NCCc1ccccc1)N1C2CCC1CC(Oc1cccnc1)C2. The molecule has 5 nitrogen and oxygen atoms in total. The smallest absolute Gasteiger partial charge is 0.317 e. The number of pyridine rings is 1. The molecule has 2 aromatic rings. The molecule has 4 rings (SSSR count). The van der Waals surface area contributed by atoms with Gasteiger partial charge in [-0.1, -0.05) is 30.3 Å². The summed E-state index contributed by atoms with van der Waals surface area (Å²) in [5.74, 6) is 0.817. The molecule has 2 bridgehead atoms. The number of ether oxygens (including phenoxy) is 1. The van der Waals surface area contributed by atoms with E-state index >= 15 is 0 Å². The maximum absolute atomic E-state index is 12.7. The molecule has 0 spiro atoms. The molecule has 5 heteroatoms. The van der Waals surface area contributed by atoms with E-state index < -0.39 is 0 Å². The van der Waals surface area contributed by atoms with Gasteiger partial charge in [-0.25, -0.2) is 4.79 Å². The number of carbonyl (C=O) groups excluding carboxylic acids is 1. The molecule has 2 aliphatic rings. The minimum Gasteiger partial charge on any atom is -0.489 e. The third-order valence-corrected chi connectivity index (χ3v) is 5.39. The van der Waals surface area contributed by atoms with Gasteiger partial charge in [-0.3, -0.25) is 4.98 Å². The molecular weight excluding hydrogens is 326 g/mol. The van der Waals surface area contributed by atoms with Gasteiger partial charge in [0.1, 0.15) is 11.9 Å². The maximum atomic E-state index is 12.7. The van der Waals surface area contributed by atoms with Gasteiger partial charge >= 0.3 is 6.03 Å². The molecule has 2 saturated heterocycles. The lowest BCUT2D eigenvalue weighted by molar-refractivity contribution is 0.0686. The van der Waals surface area contributed by atoms with Crippen LogP contribution in [0, 0.1) is 0 Å². The van der Waals surface area contributed by atoms with Crippen molar-refractivity contribution in [1.29, 1.82) is 0 Å². The Morgan fingerprint density at radius 1 is 1.12 bits per heavy atom. The van der Waals surface area contributed by atoms with E-state index in [9.17, 15) is 4.79 Å². The molecule has 2 aliphatic heterocycles. The standard InChI is InChI=1S/C21H25N3O2/c25-21(23-12-10-16-5-2-1-3-6-16)24-17-8-9-18(24)14-20(13-17)26-19-7-4-11-22-15-19/h1-7,11,15,17-18,20H,8-10,12-14H2,(H,23,25). The summed E-state index contributed by atoms with van der Waals surface area (Å²) in [6.45, 7) is 0.675. The summed E-state index contributed by atoms with van der Waals surface area (Å²) >= 11 is 0. The van der Waals surface area contributed by atoms with E-state index in [0.717, 1.165) is 37.9 Å². The predicted molar refractivity (Wildman–Crippen MR) is 100 cm³/mol. The lowest BCUT2D eigenvalue weighted by Gasteiger charge is -2.38. The van der Waals surface area contributed by atoms with Crippen LogP contribution in [0.1, 0.15) is 31.2 Å². The highest BCUT2D eigenvalue weighted by atomic mass is 16.5. The van der Waals surface area contributed by atoms with Crippen LogP contribution in [-0.4, -0.2) is 40.6 Å². The third-order valence-electron chi connectivity index (χ3n) is 5.39. The van der Waals surface area contributed by atoms with E-state index in [0.29, 0.717) is 6.54 Å². The molecule has 1 aromatic carbocycles. The second kappa shape index (κ2) is 7.77. The number of aromatic nitrogens is 1. The molecule has 136 valence electrons. The molecule has 1 N–H and O–H groups in total. The molecule has 26 heavy (non-hydrogen) atoms. The number of urea groups is 1. The maximum Gasteiger partial charge on any atom is 0.317 e. The van der Waals surface area contributed by atoms with Crippen molar-refractivity contribution in [3.05, 3.63) is 60.4 Å². The highest BCUT2D eigenvalue weighted by Gasteiger charge is 2.44. The Bertz CT molecular complexity index is 709. The molecular formula is C21H25N3O2. The van der Waals surface area contributed by atoms with Crippen LogP contribution in [0.15, 0.2) is 54.9 Å². The Morgan fingerprint density at radius 3 is 2.58 bits per heavy atom. The first-order valence-corrected chi connectivity index (χ1v) is 9.46. The second-order valence-electron chi connectivity index (χ2n) is 7.16. The van der Waals surface area contributed by atoms with Gasteiger partial charge in [0.05, 0.1) is 6.20 Å². The lowest BCUT2D eigenvalue weighted by Crippen LogP contribution is -2.53. The van der Waals surface area contributed by atoms with Gasteiger partial charge in [-0.2, -0.15) is 0 Å². The summed E-state index contributed by atoms with van der Waals surface area (Å²) in [6.07, 6.45) is 8.49. The van der Waals surface area contributed by atoms with Crippen LogP contribution in [0.4, 0.5) is 4.79 Å². The number of hydrogen-bond donors (Lipinski definition) is 1. The van der Waals surface area contributed by atoms with Crippen molar-refractivity contribution < 1.29 is 9.53 Å². The fraction of sp³-hybridized carbons (Fsp3) is 0.429. The number of hydrogen-bond acceptors (Lipinski definition) is 3. The van der Waals surface area contributed by atoms with Crippen molar-refractivity contribution in [1.82, 2.24) is 15.2 Å². The molecule has 1 aromatic heterocycles. The first-order valence-electron chi connectivity index (χ1n) is 9.46. The van der Waals surface area contributed by atoms with E-state index in [-0.39, 0.29) is 24.2 Å². The van der Waals surface area contributed by atoms with E-state index in [1.807, 2.05) is 30.3 Å². The number of amides is 2. The number of carbonyl (C=O) groups is 1. The van der Waals surface area contributed by atoms with E-state index in [4.69, 9.17) is 4.74 Å². The topological polar surface area (TPSA) is 54.5 Å². The molecule has 2 atom stereocenters. The zero-order valence-corrected chi connectivity index (χ0v) is 14.9. The van der Waals surface area contributed by atoms with Gasteiger partial charge in [0.25, 0.3) is 0 Å². The van der Waals surface area contributed by atoms with Crippen LogP contribution in [0.5, 0.6) is 5.75 Å². The van der Waals surface area contributed by atoms with Crippen molar-refractivity contribution in [2.45, 2.75) is 50.3 Å². The Labute approximate surface area is 154 Å². The van der Waals surface area contributed by atoms with E-state index in [1.54, 1.807) is 12.4 Å². The molecule has 2 fully saturated rings. The molecule has 2 unspecified atom stereocenters. The zero-order valence-electron chi connectivity index (χ0n) is 14.9. The van der Waals surface area contributed by atoms with E-state index in [2.05, 4.69) is 27.3 Å². The lowest BCUT2D eigenvalue weighted by atomic mass is 10.00. The monoisotopic (exact) mass is 351 g/mol. The minimum atomic E-state index is 0.0771. The molecule has 2 amide bonds. The van der Waals surface area contributed by atoms with Crippen molar-refractivity contribution in [3.63, 3.8) is 0 Å². The summed E-state index contributed by atoms with van der Waals surface area (Å²) in [4.78, 5) is 18.8. The van der Waals surface area contributed by atoms with Gasteiger partial charge in [-0.15, -0.1) is 0 Å². The van der Waals surface area contributed by atoms with Crippen LogP contribution in [-0.2, 0) is 6.42 Å². The third kappa shape index (κ3) is 3.82. The van der Waals surface area contributed by atoms with Crippen LogP contribution in [0.2, 0.25) is 0 Å². The Balaban J connectivity index is 1.29. The number of piperidine rings is 1. The first kappa shape index (κ1) is 16.9. The summed E-state index contributed by atoms with van der Waals surface area (Å²) in [7, 11) is 0. The summed E-state index contributed by atoms with van der Waals surface area (Å²) in [6, 6.07) is 14.7. The summed E-state index contributed by atoms with van der Waals surface area (Å²) < 4.78 is 6.08. The predicted octanol–water partition coefficient (Wildman–Crippen LogP) is 3.41. The van der Waals surface area contributed by atoms with Gasteiger partial charge in [-0.05, 0) is 37.0 Å². The molecule has 0 saturated carbocycles. The first-order chi connectivity index (χ1) is 12.8. The Kier molecular flexibility index (Phi) is 5.04. The highest BCUT2D eigenvalue weighted by Crippen LogP contribution is 2.37. The van der Waals surface area contributed by atoms with Gasteiger partial charge in [0.15, 0.2) is 0 Å². The number of benzene rings is 1. The molecule has 0 radical (unpaired) electrons. The summed E-state index contributed by atoms with van der Waals surface area (Å²) in [5, 5.41) is 3.10. The van der Waals surface area contributed by atoms with Crippen LogP contribution >= 0.6 is 0 Å². The quantitative estimate of drug-likeness (QED) is 0.898. The number of nitrogens with one attached hydrogen (secondary N) is 1. The van der Waals surface area contributed by atoms with Crippen molar-refractivity contribution in [2.75, 3.05) is 6.54 Å². The van der Waals surface area contributed by atoms with Crippen LogP contribution in [0.25, 0.3) is 0 Å². The van der Waals surface area contributed by atoms with Crippen molar-refractivity contribution in [3.8, 4) is 5.75 Å². The molecule has 3 heterocycles. The summed E-state index contributed by atoms with van der Waals surface area (Å²) in [5.41, 5.74) is 1.25. The average molecular weight is 351 g/mol. The van der Waals surface area contributed by atoms with Crippen molar-refractivity contribution in [2.24, 2.45) is 0 Å². The van der Waals surface area contributed by atoms with Gasteiger partial charge in [0.2, 0.25) is 0 Å².